The van der Waals surface area contributed by atoms with E-state index in [-0.39, 0.29) is 0 Å². The largest absolute Gasteiger partial charge is 0.481 e. The number of rotatable bonds is 6. The Morgan fingerprint density at radius 1 is 1.12 bits per heavy atom. The van der Waals surface area contributed by atoms with Crippen LogP contribution in [0, 0.1) is 0 Å². The number of hydrogen-bond donors (Lipinski definition) is 0. The Balaban J connectivity index is 1.75. The molecule has 1 saturated heterocycles. The summed E-state index contributed by atoms with van der Waals surface area (Å²) in [5, 5.41) is 0. The summed E-state index contributed by atoms with van der Waals surface area (Å²) in [7, 11) is 9.11. The van der Waals surface area contributed by atoms with Crippen molar-refractivity contribution in [3.05, 3.63) is 18.3 Å². The molecule has 140 valence electrons. The smallest absolute Gasteiger partial charge is 0.321 e. The molecular formula is C17H25N7O2. The van der Waals surface area contributed by atoms with E-state index in [0.717, 1.165) is 37.1 Å². The van der Waals surface area contributed by atoms with Gasteiger partial charge in [-0.1, -0.05) is 0 Å². The van der Waals surface area contributed by atoms with E-state index in [0.29, 0.717) is 17.9 Å². The highest BCUT2D eigenvalue weighted by molar-refractivity contribution is 5.47. The van der Waals surface area contributed by atoms with Gasteiger partial charge in [-0.15, -0.1) is 0 Å². The van der Waals surface area contributed by atoms with Gasteiger partial charge in [0.25, 0.3) is 0 Å². The molecule has 2 aromatic heterocycles. The maximum Gasteiger partial charge on any atom is 0.321 e. The maximum atomic E-state index is 5.24. The van der Waals surface area contributed by atoms with Crippen molar-refractivity contribution >= 4 is 17.6 Å². The standard InChI is InChI=1S/C17H25N7O2/c1-22(2)13-6-8-18-16(19-13)23(3)12-7-9-24(11-12)14-10-15(25-4)21-17(20-14)26-5/h6,8,10,12H,7,9,11H2,1-5H3. The van der Waals surface area contributed by atoms with Crippen LogP contribution >= 0.6 is 0 Å². The van der Waals surface area contributed by atoms with Gasteiger partial charge in [0.1, 0.15) is 11.6 Å². The summed E-state index contributed by atoms with van der Waals surface area (Å²) in [5.74, 6) is 2.90. The van der Waals surface area contributed by atoms with Gasteiger partial charge in [0.15, 0.2) is 0 Å². The lowest BCUT2D eigenvalue weighted by molar-refractivity contribution is 0.352. The topological polar surface area (TPSA) is 79.7 Å². The first kappa shape index (κ1) is 18.0. The molecule has 3 heterocycles. The van der Waals surface area contributed by atoms with E-state index in [1.807, 2.05) is 38.2 Å². The minimum atomic E-state index is 0.291. The molecule has 9 nitrogen and oxygen atoms in total. The van der Waals surface area contributed by atoms with E-state index >= 15 is 0 Å². The fourth-order valence-electron chi connectivity index (χ4n) is 2.94. The van der Waals surface area contributed by atoms with Crippen molar-refractivity contribution in [1.29, 1.82) is 0 Å². The second-order valence-corrected chi connectivity index (χ2v) is 6.36. The first-order valence-corrected chi connectivity index (χ1v) is 8.47. The molecule has 0 N–H and O–H groups in total. The molecule has 0 aliphatic carbocycles. The van der Waals surface area contributed by atoms with Crippen LogP contribution in [0.15, 0.2) is 18.3 Å². The van der Waals surface area contributed by atoms with Crippen LogP contribution in [0.5, 0.6) is 11.9 Å². The molecule has 3 rings (SSSR count). The summed E-state index contributed by atoms with van der Waals surface area (Å²) in [6.07, 6.45) is 2.78. The number of aromatic nitrogens is 4. The van der Waals surface area contributed by atoms with Gasteiger partial charge in [0, 0.05) is 46.5 Å². The molecule has 1 unspecified atom stereocenters. The SMILES string of the molecule is COc1cc(N2CCC(N(C)c3nccc(N(C)C)n3)C2)nc(OC)n1. The average Bonchev–Trinajstić information content (AvgIpc) is 3.17. The van der Waals surface area contributed by atoms with Gasteiger partial charge < -0.3 is 24.2 Å². The molecule has 1 aliphatic rings. The molecule has 0 radical (unpaired) electrons. The van der Waals surface area contributed by atoms with Crippen LogP contribution in [-0.2, 0) is 0 Å². The van der Waals surface area contributed by atoms with Crippen molar-refractivity contribution in [3.8, 4) is 11.9 Å². The van der Waals surface area contributed by atoms with Crippen molar-refractivity contribution in [2.24, 2.45) is 0 Å². The first-order valence-electron chi connectivity index (χ1n) is 8.47. The molecule has 9 heteroatoms. The van der Waals surface area contributed by atoms with Crippen LogP contribution in [0.1, 0.15) is 6.42 Å². The van der Waals surface area contributed by atoms with Crippen LogP contribution in [0.4, 0.5) is 17.6 Å². The lowest BCUT2D eigenvalue weighted by atomic mass is 10.2. The molecular weight excluding hydrogens is 334 g/mol. The number of anilines is 3. The number of methoxy groups -OCH3 is 2. The third kappa shape index (κ3) is 3.71. The summed E-state index contributed by atoms with van der Waals surface area (Å²) in [5.41, 5.74) is 0. The van der Waals surface area contributed by atoms with E-state index in [4.69, 9.17) is 9.47 Å². The van der Waals surface area contributed by atoms with E-state index in [2.05, 4.69) is 29.7 Å². The van der Waals surface area contributed by atoms with Gasteiger partial charge in [-0.05, 0) is 12.5 Å². The lowest BCUT2D eigenvalue weighted by Gasteiger charge is -2.26. The zero-order valence-corrected chi connectivity index (χ0v) is 15.9. The second-order valence-electron chi connectivity index (χ2n) is 6.36. The molecule has 1 aliphatic heterocycles. The molecule has 1 atom stereocenters. The number of nitrogens with zero attached hydrogens (tertiary/aromatic N) is 7. The zero-order valence-electron chi connectivity index (χ0n) is 15.9. The van der Waals surface area contributed by atoms with Crippen molar-refractivity contribution in [2.45, 2.75) is 12.5 Å². The molecule has 2 aromatic rings. The van der Waals surface area contributed by atoms with Crippen molar-refractivity contribution in [1.82, 2.24) is 19.9 Å². The van der Waals surface area contributed by atoms with Gasteiger partial charge >= 0.3 is 6.01 Å². The fourth-order valence-corrected chi connectivity index (χ4v) is 2.94. The second kappa shape index (κ2) is 7.59. The fraction of sp³-hybridized carbons (Fsp3) is 0.529. The van der Waals surface area contributed by atoms with E-state index in [1.165, 1.54) is 0 Å². The summed E-state index contributed by atoms with van der Waals surface area (Å²) in [6, 6.07) is 4.32. The number of likely N-dealkylation sites (N-methyl/N-ethyl adjacent to an activating group) is 1. The van der Waals surface area contributed by atoms with Gasteiger partial charge in [0.2, 0.25) is 11.8 Å². The number of ether oxygens (including phenoxy) is 2. The van der Waals surface area contributed by atoms with Crippen molar-refractivity contribution < 1.29 is 9.47 Å². The Labute approximate surface area is 153 Å². The highest BCUT2D eigenvalue weighted by Crippen LogP contribution is 2.26. The molecule has 0 amide bonds. The van der Waals surface area contributed by atoms with E-state index < -0.39 is 0 Å². The molecule has 0 bridgehead atoms. The third-order valence-electron chi connectivity index (χ3n) is 4.50. The lowest BCUT2D eigenvalue weighted by Crippen LogP contribution is -2.36. The van der Waals surface area contributed by atoms with Crippen LogP contribution < -0.4 is 24.2 Å². The summed E-state index contributed by atoms with van der Waals surface area (Å²) < 4.78 is 10.4. The predicted octanol–water partition coefficient (Wildman–Crippen LogP) is 1.06. The van der Waals surface area contributed by atoms with E-state index in [1.54, 1.807) is 20.4 Å². The zero-order chi connectivity index (χ0) is 18.7. The van der Waals surface area contributed by atoms with Gasteiger partial charge in [-0.3, -0.25) is 0 Å². The molecule has 0 saturated carbocycles. The van der Waals surface area contributed by atoms with Crippen molar-refractivity contribution in [3.63, 3.8) is 0 Å². The van der Waals surface area contributed by atoms with E-state index in [9.17, 15) is 0 Å². The molecule has 26 heavy (non-hydrogen) atoms. The Kier molecular flexibility index (Phi) is 5.24. The predicted molar refractivity (Wildman–Crippen MR) is 101 cm³/mol. The quantitative estimate of drug-likeness (QED) is 0.752. The van der Waals surface area contributed by atoms with Gasteiger partial charge in [0.05, 0.1) is 20.3 Å². The van der Waals surface area contributed by atoms with Crippen LogP contribution in [-0.4, -0.2) is 74.4 Å². The molecule has 1 fully saturated rings. The minimum absolute atomic E-state index is 0.291. The highest BCUT2D eigenvalue weighted by atomic mass is 16.5. The van der Waals surface area contributed by atoms with Crippen molar-refractivity contribution in [2.75, 3.05) is 63.2 Å². The van der Waals surface area contributed by atoms with Crippen LogP contribution in [0.2, 0.25) is 0 Å². The number of hydrogen-bond acceptors (Lipinski definition) is 9. The molecule has 0 aromatic carbocycles. The Hall–Kier alpha value is -2.84. The maximum absolute atomic E-state index is 5.24. The van der Waals surface area contributed by atoms with Crippen LogP contribution in [0.25, 0.3) is 0 Å². The normalized spacial score (nSPS) is 16.5. The minimum Gasteiger partial charge on any atom is -0.481 e. The van der Waals surface area contributed by atoms with Crippen LogP contribution in [0.3, 0.4) is 0 Å². The summed E-state index contributed by atoms with van der Waals surface area (Å²) in [6.45, 7) is 1.70. The Morgan fingerprint density at radius 3 is 2.62 bits per heavy atom. The summed E-state index contributed by atoms with van der Waals surface area (Å²) in [4.78, 5) is 23.9. The Morgan fingerprint density at radius 2 is 1.92 bits per heavy atom. The average molecular weight is 359 g/mol. The van der Waals surface area contributed by atoms with Gasteiger partial charge in [-0.2, -0.15) is 15.0 Å². The van der Waals surface area contributed by atoms with Gasteiger partial charge in [-0.25, -0.2) is 4.98 Å². The third-order valence-corrected chi connectivity index (χ3v) is 4.50. The first-order chi connectivity index (χ1) is 12.5. The highest BCUT2D eigenvalue weighted by Gasteiger charge is 2.29. The Bertz CT molecular complexity index is 733. The molecule has 0 spiro atoms. The summed E-state index contributed by atoms with van der Waals surface area (Å²) >= 11 is 0. The monoisotopic (exact) mass is 359 g/mol.